The molecule has 1 aliphatic carbocycles. The summed E-state index contributed by atoms with van der Waals surface area (Å²) in [7, 11) is 0. The first-order valence-corrected chi connectivity index (χ1v) is 6.62. The van der Waals surface area contributed by atoms with Crippen LogP contribution in [0, 0.1) is 6.92 Å². The summed E-state index contributed by atoms with van der Waals surface area (Å²) >= 11 is 1.70. The maximum Gasteiger partial charge on any atom is 0.116 e. The zero-order valence-electron chi connectivity index (χ0n) is 9.73. The van der Waals surface area contributed by atoms with Gasteiger partial charge in [0.15, 0.2) is 0 Å². The average molecular weight is 242 g/mol. The number of hydrogen-bond acceptors (Lipinski definition) is 3. The third-order valence-corrected chi connectivity index (χ3v) is 3.98. The van der Waals surface area contributed by atoms with Crippen LogP contribution in [-0.2, 0) is 6.42 Å². The molecular weight excluding hydrogens is 228 g/mol. The lowest BCUT2D eigenvalue weighted by Gasteiger charge is -2.01. The Morgan fingerprint density at radius 2 is 2.24 bits per heavy atom. The summed E-state index contributed by atoms with van der Waals surface area (Å²) in [4.78, 5) is 4.48. The lowest BCUT2D eigenvalue weighted by Crippen LogP contribution is -1.87. The highest BCUT2D eigenvalue weighted by Gasteiger charge is 2.16. The van der Waals surface area contributed by atoms with Crippen molar-refractivity contribution in [3.8, 4) is 0 Å². The van der Waals surface area contributed by atoms with Crippen LogP contribution in [-0.4, -0.2) is 4.98 Å². The van der Waals surface area contributed by atoms with Crippen LogP contribution in [0.4, 0.5) is 5.69 Å². The Bertz CT molecular complexity index is 596. The summed E-state index contributed by atoms with van der Waals surface area (Å²) in [5.41, 5.74) is 11.8. The van der Waals surface area contributed by atoms with Gasteiger partial charge >= 0.3 is 0 Å². The van der Waals surface area contributed by atoms with Gasteiger partial charge in [-0.25, -0.2) is 4.98 Å². The Kier molecular flexibility index (Phi) is 2.48. The predicted molar refractivity (Wildman–Crippen MR) is 73.9 cm³/mol. The summed E-state index contributed by atoms with van der Waals surface area (Å²) in [6.45, 7) is 2.03. The van der Waals surface area contributed by atoms with E-state index in [0.717, 1.165) is 29.2 Å². The Morgan fingerprint density at radius 1 is 1.35 bits per heavy atom. The molecule has 1 aromatic heterocycles. The minimum atomic E-state index is 0.857. The number of thiazole rings is 1. The Balaban J connectivity index is 2.01. The number of rotatable bonds is 1. The molecule has 0 unspecified atom stereocenters. The molecule has 1 aromatic carbocycles. The summed E-state index contributed by atoms with van der Waals surface area (Å²) in [6.07, 6.45) is 4.40. The van der Waals surface area contributed by atoms with Gasteiger partial charge in [-0.2, -0.15) is 0 Å². The number of anilines is 1. The number of hydrogen-bond donors (Lipinski definition) is 1. The second-order valence-electron chi connectivity index (χ2n) is 4.41. The molecule has 86 valence electrons. The number of benzene rings is 1. The minimum absolute atomic E-state index is 0.857. The molecular formula is C14H14N2S. The van der Waals surface area contributed by atoms with Crippen molar-refractivity contribution in [3.05, 3.63) is 45.4 Å². The number of aryl methyl sites for hydroxylation is 2. The van der Waals surface area contributed by atoms with E-state index in [1.54, 1.807) is 11.3 Å². The maximum absolute atomic E-state index is 5.80. The molecule has 3 heteroatoms. The third kappa shape index (κ3) is 1.98. The first-order valence-electron chi connectivity index (χ1n) is 5.74. The first kappa shape index (κ1) is 10.5. The maximum atomic E-state index is 5.80. The highest BCUT2D eigenvalue weighted by Crippen LogP contribution is 2.35. The number of nitrogens with two attached hydrogens (primary N) is 1. The molecule has 3 rings (SSSR count). The SMILES string of the molecule is Cc1csc(C=C2CCc3cc(N)ccc32)n1. The largest absolute Gasteiger partial charge is 0.399 e. The van der Waals surface area contributed by atoms with Crippen molar-refractivity contribution in [2.24, 2.45) is 0 Å². The van der Waals surface area contributed by atoms with E-state index >= 15 is 0 Å². The van der Waals surface area contributed by atoms with Gasteiger partial charge in [0.25, 0.3) is 0 Å². The van der Waals surface area contributed by atoms with Gasteiger partial charge in [0.2, 0.25) is 0 Å². The fraction of sp³-hybridized carbons (Fsp3) is 0.214. The molecule has 0 atom stereocenters. The van der Waals surface area contributed by atoms with Crippen LogP contribution >= 0.6 is 11.3 Å². The molecule has 2 N–H and O–H groups in total. The van der Waals surface area contributed by atoms with E-state index in [2.05, 4.69) is 28.6 Å². The molecule has 1 heterocycles. The molecule has 0 radical (unpaired) electrons. The highest BCUT2D eigenvalue weighted by atomic mass is 32.1. The van der Waals surface area contributed by atoms with E-state index in [1.807, 2.05) is 13.0 Å². The second kappa shape index (κ2) is 4.00. The van der Waals surface area contributed by atoms with Crippen LogP contribution in [0.2, 0.25) is 0 Å². The third-order valence-electron chi connectivity index (χ3n) is 3.07. The smallest absolute Gasteiger partial charge is 0.116 e. The molecule has 0 bridgehead atoms. The molecule has 0 saturated heterocycles. The topological polar surface area (TPSA) is 38.9 Å². The first-order chi connectivity index (χ1) is 8.22. The number of aromatic nitrogens is 1. The van der Waals surface area contributed by atoms with Crippen LogP contribution in [0.15, 0.2) is 23.6 Å². The van der Waals surface area contributed by atoms with Crippen molar-refractivity contribution in [3.63, 3.8) is 0 Å². The molecule has 1 aliphatic rings. The quantitative estimate of drug-likeness (QED) is 0.777. The zero-order valence-corrected chi connectivity index (χ0v) is 10.6. The van der Waals surface area contributed by atoms with Crippen molar-refractivity contribution in [1.82, 2.24) is 4.98 Å². The number of fused-ring (bicyclic) bond motifs is 1. The number of nitrogen functional groups attached to an aromatic ring is 1. The van der Waals surface area contributed by atoms with E-state index in [9.17, 15) is 0 Å². The normalized spacial score (nSPS) is 16.4. The van der Waals surface area contributed by atoms with Crippen LogP contribution in [0.3, 0.4) is 0 Å². The fourth-order valence-corrected chi connectivity index (χ4v) is 3.03. The minimum Gasteiger partial charge on any atom is -0.399 e. The zero-order chi connectivity index (χ0) is 11.8. The lowest BCUT2D eigenvalue weighted by molar-refractivity contribution is 1.08. The second-order valence-corrected chi connectivity index (χ2v) is 5.30. The van der Waals surface area contributed by atoms with Crippen LogP contribution in [0.5, 0.6) is 0 Å². The fourth-order valence-electron chi connectivity index (χ4n) is 2.28. The Labute approximate surface area is 105 Å². The Hall–Kier alpha value is -1.61. The van der Waals surface area contributed by atoms with Crippen molar-refractivity contribution in [1.29, 1.82) is 0 Å². The summed E-state index contributed by atoms with van der Waals surface area (Å²) in [6, 6.07) is 6.19. The van der Waals surface area contributed by atoms with Gasteiger partial charge < -0.3 is 5.73 Å². The van der Waals surface area contributed by atoms with Gasteiger partial charge in [-0.3, -0.25) is 0 Å². The van der Waals surface area contributed by atoms with Gasteiger partial charge in [-0.15, -0.1) is 11.3 Å². The molecule has 17 heavy (non-hydrogen) atoms. The number of allylic oxidation sites excluding steroid dienone is 1. The summed E-state index contributed by atoms with van der Waals surface area (Å²) in [5, 5.41) is 3.19. The van der Waals surface area contributed by atoms with Crippen LogP contribution < -0.4 is 5.73 Å². The van der Waals surface area contributed by atoms with Crippen molar-refractivity contribution in [2.45, 2.75) is 19.8 Å². The molecule has 2 nitrogen and oxygen atoms in total. The van der Waals surface area contributed by atoms with Gasteiger partial charge in [0.05, 0.1) is 0 Å². The van der Waals surface area contributed by atoms with Gasteiger partial charge in [-0.05, 0) is 54.7 Å². The van der Waals surface area contributed by atoms with E-state index in [4.69, 9.17) is 5.73 Å². The molecule has 0 amide bonds. The molecule has 2 aromatic rings. The van der Waals surface area contributed by atoms with Crippen LogP contribution in [0.25, 0.3) is 11.6 Å². The van der Waals surface area contributed by atoms with E-state index in [-0.39, 0.29) is 0 Å². The average Bonchev–Trinajstić information content (AvgIpc) is 2.86. The van der Waals surface area contributed by atoms with Crippen molar-refractivity contribution in [2.75, 3.05) is 5.73 Å². The molecule has 0 saturated carbocycles. The van der Waals surface area contributed by atoms with Crippen molar-refractivity contribution >= 4 is 28.7 Å². The van der Waals surface area contributed by atoms with E-state index < -0.39 is 0 Å². The standard InChI is InChI=1S/C14H14N2S/c1-9-8-17-14(16-9)7-11-3-2-10-6-12(15)4-5-13(10)11/h4-8H,2-3,15H2,1H3. The van der Waals surface area contributed by atoms with Gasteiger partial charge in [-0.1, -0.05) is 6.07 Å². The predicted octanol–water partition coefficient (Wildman–Crippen LogP) is 3.52. The van der Waals surface area contributed by atoms with Gasteiger partial charge in [0.1, 0.15) is 5.01 Å². The van der Waals surface area contributed by atoms with E-state index in [1.165, 1.54) is 16.7 Å². The molecule has 0 aliphatic heterocycles. The van der Waals surface area contributed by atoms with E-state index in [0.29, 0.717) is 0 Å². The van der Waals surface area contributed by atoms with Crippen LogP contribution in [0.1, 0.15) is 28.2 Å². The Morgan fingerprint density at radius 3 is 3.00 bits per heavy atom. The molecule has 0 spiro atoms. The molecule has 0 fully saturated rings. The highest BCUT2D eigenvalue weighted by molar-refractivity contribution is 7.10. The number of nitrogens with zero attached hydrogens (tertiary/aromatic N) is 1. The monoisotopic (exact) mass is 242 g/mol. The summed E-state index contributed by atoms with van der Waals surface area (Å²) < 4.78 is 0. The summed E-state index contributed by atoms with van der Waals surface area (Å²) in [5.74, 6) is 0. The van der Waals surface area contributed by atoms with Gasteiger partial charge in [0, 0.05) is 16.8 Å². The lowest BCUT2D eigenvalue weighted by atomic mass is 10.1. The van der Waals surface area contributed by atoms with Crippen molar-refractivity contribution < 1.29 is 0 Å².